The Balaban J connectivity index is 1.50. The molecule has 3 aromatic rings. The first-order valence-corrected chi connectivity index (χ1v) is 8.47. The quantitative estimate of drug-likeness (QED) is 0.795. The molecular formula is C17H15N5OS. The van der Waals surface area contributed by atoms with E-state index in [-0.39, 0.29) is 11.2 Å². The largest absolute Gasteiger partial charge is 0.325 e. The lowest BCUT2D eigenvalue weighted by molar-refractivity contribution is -0.115. The number of amides is 1. The summed E-state index contributed by atoms with van der Waals surface area (Å²) in [6.45, 7) is 0. The first kappa shape index (κ1) is 14.9. The molecule has 4 rings (SSSR count). The number of tetrazole rings is 1. The SMILES string of the molecule is Cn1nnnc1-c1cccc(NC(=O)C2Cc3ccccc3S2)c1. The highest BCUT2D eigenvalue weighted by Crippen LogP contribution is 2.37. The van der Waals surface area contributed by atoms with Crippen molar-refractivity contribution >= 4 is 23.4 Å². The van der Waals surface area contributed by atoms with Gasteiger partial charge in [-0.15, -0.1) is 16.9 Å². The van der Waals surface area contributed by atoms with E-state index in [1.807, 2.05) is 36.4 Å². The van der Waals surface area contributed by atoms with E-state index < -0.39 is 0 Å². The van der Waals surface area contributed by atoms with Gasteiger partial charge < -0.3 is 5.32 Å². The van der Waals surface area contributed by atoms with Crippen molar-refractivity contribution in [3.8, 4) is 11.4 Å². The summed E-state index contributed by atoms with van der Waals surface area (Å²) >= 11 is 1.62. The van der Waals surface area contributed by atoms with Gasteiger partial charge in [-0.3, -0.25) is 4.79 Å². The number of carbonyl (C=O) groups is 1. The van der Waals surface area contributed by atoms with Gasteiger partial charge in [-0.25, -0.2) is 4.68 Å². The van der Waals surface area contributed by atoms with Crippen LogP contribution in [0.2, 0.25) is 0 Å². The smallest absolute Gasteiger partial charge is 0.238 e. The second kappa shape index (κ2) is 6.09. The molecule has 0 radical (unpaired) electrons. The third-order valence-electron chi connectivity index (χ3n) is 3.95. The van der Waals surface area contributed by atoms with E-state index in [1.54, 1.807) is 23.5 Å². The second-order valence-corrected chi connectivity index (χ2v) is 6.86. The second-order valence-electron chi connectivity index (χ2n) is 5.61. The normalized spacial score (nSPS) is 16.0. The zero-order chi connectivity index (χ0) is 16.5. The topological polar surface area (TPSA) is 72.7 Å². The predicted octanol–water partition coefficient (Wildman–Crippen LogP) is 2.53. The highest BCUT2D eigenvalue weighted by Gasteiger charge is 2.28. The minimum atomic E-state index is -0.0949. The van der Waals surface area contributed by atoms with Crippen LogP contribution in [0.5, 0.6) is 0 Å². The number of benzene rings is 2. The molecule has 1 aliphatic heterocycles. The predicted molar refractivity (Wildman–Crippen MR) is 92.7 cm³/mol. The Hall–Kier alpha value is -2.67. The maximum absolute atomic E-state index is 12.6. The lowest BCUT2D eigenvalue weighted by Crippen LogP contribution is -2.24. The lowest BCUT2D eigenvalue weighted by atomic mass is 10.1. The number of thioether (sulfide) groups is 1. The molecule has 0 spiro atoms. The van der Waals surface area contributed by atoms with E-state index >= 15 is 0 Å². The van der Waals surface area contributed by atoms with Crippen molar-refractivity contribution < 1.29 is 4.79 Å². The van der Waals surface area contributed by atoms with Crippen LogP contribution >= 0.6 is 11.8 Å². The summed E-state index contributed by atoms with van der Waals surface area (Å²) in [7, 11) is 1.78. The van der Waals surface area contributed by atoms with Gasteiger partial charge in [0.2, 0.25) is 5.91 Å². The summed E-state index contributed by atoms with van der Waals surface area (Å²) < 4.78 is 1.60. The zero-order valence-corrected chi connectivity index (χ0v) is 13.8. The number of nitrogens with zero attached hydrogens (tertiary/aromatic N) is 4. The molecule has 120 valence electrons. The average Bonchev–Trinajstić information content (AvgIpc) is 3.21. The Labute approximate surface area is 143 Å². The van der Waals surface area contributed by atoms with Crippen LogP contribution in [-0.2, 0) is 18.3 Å². The van der Waals surface area contributed by atoms with E-state index in [1.165, 1.54) is 10.5 Å². The van der Waals surface area contributed by atoms with E-state index in [9.17, 15) is 4.79 Å². The van der Waals surface area contributed by atoms with Crippen molar-refractivity contribution in [1.29, 1.82) is 0 Å². The van der Waals surface area contributed by atoms with Gasteiger partial charge in [0.1, 0.15) is 0 Å². The maximum atomic E-state index is 12.6. The molecule has 1 amide bonds. The van der Waals surface area contributed by atoms with Crippen LogP contribution in [0.3, 0.4) is 0 Å². The summed E-state index contributed by atoms with van der Waals surface area (Å²) in [6, 6.07) is 15.7. The number of hydrogen-bond donors (Lipinski definition) is 1. The van der Waals surface area contributed by atoms with Crippen molar-refractivity contribution in [3.05, 3.63) is 54.1 Å². The lowest BCUT2D eigenvalue weighted by Gasteiger charge is -2.11. The Morgan fingerprint density at radius 3 is 2.92 bits per heavy atom. The monoisotopic (exact) mass is 337 g/mol. The third kappa shape index (κ3) is 2.78. The average molecular weight is 337 g/mol. The van der Waals surface area contributed by atoms with Crippen molar-refractivity contribution in [2.75, 3.05) is 5.32 Å². The standard InChI is InChI=1S/C17H15N5OS/c1-22-16(19-20-21-22)12-6-4-7-13(9-12)18-17(23)15-10-11-5-2-3-8-14(11)24-15/h2-9,15H,10H2,1H3,(H,18,23). The Morgan fingerprint density at radius 2 is 2.12 bits per heavy atom. The molecule has 6 nitrogen and oxygen atoms in total. The molecule has 2 heterocycles. The summed E-state index contributed by atoms with van der Waals surface area (Å²) in [5.41, 5.74) is 2.85. The molecule has 7 heteroatoms. The maximum Gasteiger partial charge on any atom is 0.238 e. The number of anilines is 1. The summed E-state index contributed by atoms with van der Waals surface area (Å²) in [6.07, 6.45) is 0.763. The molecule has 1 unspecified atom stereocenters. The van der Waals surface area contributed by atoms with E-state index in [0.717, 1.165) is 17.7 Å². The van der Waals surface area contributed by atoms with Crippen LogP contribution in [0.1, 0.15) is 5.56 Å². The number of fused-ring (bicyclic) bond motifs is 1. The van der Waals surface area contributed by atoms with Crippen molar-refractivity contribution in [2.45, 2.75) is 16.6 Å². The van der Waals surface area contributed by atoms with E-state index in [2.05, 4.69) is 33.0 Å². The molecule has 0 bridgehead atoms. The van der Waals surface area contributed by atoms with Crippen LogP contribution in [-0.4, -0.2) is 31.4 Å². The highest BCUT2D eigenvalue weighted by molar-refractivity contribution is 8.01. The van der Waals surface area contributed by atoms with Crippen LogP contribution in [0.4, 0.5) is 5.69 Å². The summed E-state index contributed by atoms with van der Waals surface area (Å²) in [5.74, 6) is 0.679. The number of aromatic nitrogens is 4. The van der Waals surface area contributed by atoms with E-state index in [0.29, 0.717) is 5.82 Å². The zero-order valence-electron chi connectivity index (χ0n) is 13.0. The van der Waals surface area contributed by atoms with Crippen LogP contribution in [0, 0.1) is 0 Å². The molecule has 1 aromatic heterocycles. The van der Waals surface area contributed by atoms with Gasteiger partial charge in [0.15, 0.2) is 5.82 Å². The minimum absolute atomic E-state index is 0.0180. The van der Waals surface area contributed by atoms with Gasteiger partial charge in [-0.05, 0) is 40.6 Å². The van der Waals surface area contributed by atoms with Gasteiger partial charge in [0.05, 0.1) is 5.25 Å². The molecular weight excluding hydrogens is 322 g/mol. The fourth-order valence-electron chi connectivity index (χ4n) is 2.76. The fraction of sp³-hybridized carbons (Fsp3) is 0.176. The molecule has 24 heavy (non-hydrogen) atoms. The third-order valence-corrected chi connectivity index (χ3v) is 5.27. The fourth-order valence-corrected chi connectivity index (χ4v) is 3.96. The molecule has 2 aromatic carbocycles. The van der Waals surface area contributed by atoms with Crippen LogP contribution in [0.25, 0.3) is 11.4 Å². The number of hydrogen-bond acceptors (Lipinski definition) is 5. The molecule has 1 N–H and O–H groups in total. The molecule has 0 saturated heterocycles. The van der Waals surface area contributed by atoms with Crippen LogP contribution < -0.4 is 5.32 Å². The number of carbonyl (C=O) groups excluding carboxylic acids is 1. The first-order valence-electron chi connectivity index (χ1n) is 7.59. The first-order chi connectivity index (χ1) is 11.7. The number of nitrogens with one attached hydrogen (secondary N) is 1. The molecule has 0 aliphatic carbocycles. The molecule has 0 saturated carbocycles. The Morgan fingerprint density at radius 1 is 1.25 bits per heavy atom. The Bertz CT molecular complexity index is 882. The van der Waals surface area contributed by atoms with Gasteiger partial charge in [-0.1, -0.05) is 30.3 Å². The van der Waals surface area contributed by atoms with Crippen LogP contribution in [0.15, 0.2) is 53.4 Å². The van der Waals surface area contributed by atoms with Gasteiger partial charge in [0.25, 0.3) is 0 Å². The van der Waals surface area contributed by atoms with Crippen molar-refractivity contribution in [2.24, 2.45) is 7.05 Å². The molecule has 0 fully saturated rings. The minimum Gasteiger partial charge on any atom is -0.325 e. The van der Waals surface area contributed by atoms with Gasteiger partial charge >= 0.3 is 0 Å². The van der Waals surface area contributed by atoms with Gasteiger partial charge in [-0.2, -0.15) is 0 Å². The molecule has 1 aliphatic rings. The summed E-state index contributed by atoms with van der Waals surface area (Å²) in [4.78, 5) is 13.8. The van der Waals surface area contributed by atoms with Crippen molar-refractivity contribution in [1.82, 2.24) is 20.2 Å². The highest BCUT2D eigenvalue weighted by atomic mass is 32.2. The Kier molecular flexibility index (Phi) is 3.78. The number of rotatable bonds is 3. The number of aryl methyl sites for hydroxylation is 1. The van der Waals surface area contributed by atoms with Gasteiger partial charge in [0, 0.05) is 23.2 Å². The summed E-state index contributed by atoms with van der Waals surface area (Å²) in [5, 5.41) is 14.4. The molecule has 1 atom stereocenters. The van der Waals surface area contributed by atoms with Crippen molar-refractivity contribution in [3.63, 3.8) is 0 Å². The van der Waals surface area contributed by atoms with E-state index in [4.69, 9.17) is 0 Å².